The minimum atomic E-state index is -1.63. The van der Waals surface area contributed by atoms with E-state index in [9.17, 15) is 30.6 Å². The minimum Gasteiger partial charge on any atom is -0.507 e. The Morgan fingerprint density at radius 3 is 1.19 bits per heavy atom. The molecule has 0 unspecified atom stereocenters. The van der Waals surface area contributed by atoms with E-state index in [1.807, 2.05) is 24.3 Å². The van der Waals surface area contributed by atoms with Crippen molar-refractivity contribution in [2.75, 3.05) is 0 Å². The molecule has 0 amide bonds. The molecule has 5 rings (SSSR count). The summed E-state index contributed by atoms with van der Waals surface area (Å²) in [5.41, 5.74) is 0.715. The Morgan fingerprint density at radius 2 is 0.774 bits per heavy atom. The second-order valence-corrected chi connectivity index (χ2v) is 7.50. The number of fused-ring (bicyclic) bond motifs is 3. The van der Waals surface area contributed by atoms with Gasteiger partial charge in [-0.1, -0.05) is 48.5 Å². The fourth-order valence-corrected chi connectivity index (χ4v) is 4.78. The SMILES string of the molecule is Oc1ccc(O)c(C2(c3c(O)ccc(O)c3O)c3ccccc3-c3ccccc32)c1O. The predicted octanol–water partition coefficient (Wildman–Crippen LogP) is 4.28. The van der Waals surface area contributed by atoms with Crippen LogP contribution in [-0.2, 0) is 5.41 Å². The lowest BCUT2D eigenvalue weighted by atomic mass is 9.66. The molecule has 0 spiro atoms. The third kappa shape index (κ3) is 2.27. The molecule has 6 nitrogen and oxygen atoms in total. The van der Waals surface area contributed by atoms with Crippen LogP contribution in [0.25, 0.3) is 11.1 Å². The molecule has 154 valence electrons. The third-order valence-electron chi connectivity index (χ3n) is 5.97. The molecule has 0 saturated carbocycles. The van der Waals surface area contributed by atoms with Crippen molar-refractivity contribution in [3.8, 4) is 45.6 Å². The van der Waals surface area contributed by atoms with Gasteiger partial charge in [0.2, 0.25) is 0 Å². The van der Waals surface area contributed by atoms with Gasteiger partial charge < -0.3 is 30.6 Å². The van der Waals surface area contributed by atoms with Crippen LogP contribution in [0.4, 0.5) is 0 Å². The number of phenolic OH excluding ortho intramolecular Hbond substituents is 6. The van der Waals surface area contributed by atoms with Gasteiger partial charge in [0.15, 0.2) is 23.0 Å². The van der Waals surface area contributed by atoms with Crippen LogP contribution in [0, 0.1) is 0 Å². The van der Waals surface area contributed by atoms with Crippen LogP contribution >= 0.6 is 0 Å². The first kappa shape index (κ1) is 18.7. The van der Waals surface area contributed by atoms with Crippen LogP contribution < -0.4 is 0 Å². The first-order chi connectivity index (χ1) is 14.9. The number of phenols is 6. The van der Waals surface area contributed by atoms with E-state index in [1.165, 1.54) is 12.1 Å². The fraction of sp³-hybridized carbons (Fsp3) is 0.0400. The van der Waals surface area contributed by atoms with Crippen molar-refractivity contribution < 1.29 is 30.6 Å². The van der Waals surface area contributed by atoms with E-state index in [1.54, 1.807) is 24.3 Å². The van der Waals surface area contributed by atoms with E-state index >= 15 is 0 Å². The number of rotatable bonds is 2. The van der Waals surface area contributed by atoms with Gasteiger partial charge in [-0.05, 0) is 46.5 Å². The van der Waals surface area contributed by atoms with Crippen LogP contribution in [0.3, 0.4) is 0 Å². The molecular formula is C25H18O6. The van der Waals surface area contributed by atoms with Gasteiger partial charge in [0.1, 0.15) is 11.5 Å². The lowest BCUT2D eigenvalue weighted by Gasteiger charge is -2.35. The van der Waals surface area contributed by atoms with Crippen molar-refractivity contribution >= 4 is 0 Å². The van der Waals surface area contributed by atoms with Gasteiger partial charge in [0.05, 0.1) is 16.5 Å². The van der Waals surface area contributed by atoms with Crippen LogP contribution in [-0.4, -0.2) is 30.6 Å². The first-order valence-electron chi connectivity index (χ1n) is 9.57. The van der Waals surface area contributed by atoms with E-state index in [0.29, 0.717) is 11.1 Å². The molecule has 0 fully saturated rings. The van der Waals surface area contributed by atoms with Crippen molar-refractivity contribution in [3.05, 3.63) is 95.1 Å². The number of hydrogen-bond acceptors (Lipinski definition) is 6. The van der Waals surface area contributed by atoms with Crippen LogP contribution in [0.5, 0.6) is 34.5 Å². The first-order valence-corrected chi connectivity index (χ1v) is 9.57. The highest BCUT2D eigenvalue weighted by Crippen LogP contribution is 2.64. The van der Waals surface area contributed by atoms with Gasteiger partial charge in [-0.25, -0.2) is 0 Å². The minimum absolute atomic E-state index is 0.124. The molecule has 0 saturated heterocycles. The summed E-state index contributed by atoms with van der Waals surface area (Å²) in [5, 5.41) is 64.3. The average Bonchev–Trinajstić information content (AvgIpc) is 3.06. The Bertz CT molecular complexity index is 1250. The summed E-state index contributed by atoms with van der Waals surface area (Å²) in [7, 11) is 0. The van der Waals surface area contributed by atoms with Gasteiger partial charge in [-0.2, -0.15) is 0 Å². The van der Waals surface area contributed by atoms with E-state index < -0.39 is 28.4 Å². The summed E-state index contributed by atoms with van der Waals surface area (Å²) in [6.07, 6.45) is 0. The largest absolute Gasteiger partial charge is 0.507 e. The smallest absolute Gasteiger partial charge is 0.166 e. The second-order valence-electron chi connectivity index (χ2n) is 7.50. The second kappa shape index (κ2) is 6.34. The van der Waals surface area contributed by atoms with Crippen molar-refractivity contribution in [1.82, 2.24) is 0 Å². The number of benzene rings is 4. The molecule has 6 heteroatoms. The topological polar surface area (TPSA) is 121 Å². The molecule has 0 bridgehead atoms. The third-order valence-corrected chi connectivity index (χ3v) is 5.97. The standard InChI is InChI=1S/C25H18O6/c26-17-9-11-19(28)23(30)21(17)25(22-18(27)10-12-20(29)24(22)31)15-7-3-1-5-13(15)14-6-2-4-8-16(14)25/h1-12,26-31H. The highest BCUT2D eigenvalue weighted by atomic mass is 16.3. The van der Waals surface area contributed by atoms with Crippen molar-refractivity contribution in [3.63, 3.8) is 0 Å². The van der Waals surface area contributed by atoms with Crippen molar-refractivity contribution in [2.24, 2.45) is 0 Å². The van der Waals surface area contributed by atoms with E-state index in [2.05, 4.69) is 0 Å². The lowest BCUT2D eigenvalue weighted by Crippen LogP contribution is -2.29. The Balaban J connectivity index is 2.10. The van der Waals surface area contributed by atoms with Gasteiger partial charge in [0, 0.05) is 0 Å². The zero-order chi connectivity index (χ0) is 21.9. The van der Waals surface area contributed by atoms with E-state index in [4.69, 9.17) is 0 Å². The molecule has 31 heavy (non-hydrogen) atoms. The quantitative estimate of drug-likeness (QED) is 0.189. The summed E-state index contributed by atoms with van der Waals surface area (Å²) in [6.45, 7) is 0. The summed E-state index contributed by atoms with van der Waals surface area (Å²) in [4.78, 5) is 0. The van der Waals surface area contributed by atoms with Crippen molar-refractivity contribution in [1.29, 1.82) is 0 Å². The fourth-order valence-electron chi connectivity index (χ4n) is 4.78. The zero-order valence-corrected chi connectivity index (χ0v) is 16.1. The summed E-state index contributed by atoms with van der Waals surface area (Å²) in [6, 6.07) is 19.1. The maximum Gasteiger partial charge on any atom is 0.166 e. The highest BCUT2D eigenvalue weighted by Gasteiger charge is 2.52. The zero-order valence-electron chi connectivity index (χ0n) is 16.1. The molecule has 0 heterocycles. The molecule has 0 radical (unpaired) electrons. The highest BCUT2D eigenvalue weighted by molar-refractivity contribution is 5.89. The van der Waals surface area contributed by atoms with Crippen LogP contribution in [0.2, 0.25) is 0 Å². The molecule has 0 aliphatic heterocycles. The van der Waals surface area contributed by atoms with Crippen molar-refractivity contribution in [2.45, 2.75) is 5.41 Å². The maximum absolute atomic E-state index is 10.9. The van der Waals surface area contributed by atoms with E-state index in [0.717, 1.165) is 23.3 Å². The van der Waals surface area contributed by atoms with Crippen LogP contribution in [0.1, 0.15) is 22.3 Å². The molecule has 4 aromatic rings. The van der Waals surface area contributed by atoms with E-state index in [-0.39, 0.29) is 22.6 Å². The monoisotopic (exact) mass is 414 g/mol. The lowest BCUT2D eigenvalue weighted by molar-refractivity contribution is 0.370. The Morgan fingerprint density at radius 1 is 0.419 bits per heavy atom. The molecule has 6 N–H and O–H groups in total. The van der Waals surface area contributed by atoms with Crippen LogP contribution in [0.15, 0.2) is 72.8 Å². The molecule has 0 aromatic heterocycles. The summed E-state index contributed by atoms with van der Waals surface area (Å²) >= 11 is 0. The summed E-state index contributed by atoms with van der Waals surface area (Å²) < 4.78 is 0. The molecular weight excluding hydrogens is 396 g/mol. The normalized spacial score (nSPS) is 13.5. The average molecular weight is 414 g/mol. The van der Waals surface area contributed by atoms with Gasteiger partial charge in [0.25, 0.3) is 0 Å². The molecule has 1 aliphatic rings. The Labute approximate surface area is 177 Å². The molecule has 4 aromatic carbocycles. The Kier molecular flexibility index (Phi) is 3.82. The van der Waals surface area contributed by atoms with Gasteiger partial charge >= 0.3 is 0 Å². The predicted molar refractivity (Wildman–Crippen MR) is 114 cm³/mol. The number of aromatic hydroxyl groups is 6. The maximum atomic E-state index is 10.9. The molecule has 1 aliphatic carbocycles. The molecule has 0 atom stereocenters. The number of hydrogen-bond donors (Lipinski definition) is 6. The van der Waals surface area contributed by atoms with Gasteiger partial charge in [-0.15, -0.1) is 0 Å². The van der Waals surface area contributed by atoms with Gasteiger partial charge in [-0.3, -0.25) is 0 Å². The summed E-state index contributed by atoms with van der Waals surface area (Å²) in [5.74, 6) is -2.88. The Hall–Kier alpha value is -4.32.